The van der Waals surface area contributed by atoms with Gasteiger partial charge in [0.05, 0.1) is 0 Å². The van der Waals surface area contributed by atoms with Gasteiger partial charge in [-0.25, -0.2) is 0 Å². The summed E-state index contributed by atoms with van der Waals surface area (Å²) in [5.41, 5.74) is 8.73. The summed E-state index contributed by atoms with van der Waals surface area (Å²) in [6, 6.07) is 8.49. The Bertz CT molecular complexity index is 316. The van der Waals surface area contributed by atoms with E-state index in [2.05, 4.69) is 31.2 Å². The Kier molecular flexibility index (Phi) is 2.57. The highest BCUT2D eigenvalue weighted by Gasteiger charge is 2.29. The predicted molar refractivity (Wildman–Crippen MR) is 57.1 cm³/mol. The molecule has 1 aliphatic rings. The first-order chi connectivity index (χ1) is 6.71. The van der Waals surface area contributed by atoms with Crippen LogP contribution in [0.15, 0.2) is 24.3 Å². The molecule has 1 fully saturated rings. The molecule has 1 saturated heterocycles. The van der Waals surface area contributed by atoms with E-state index >= 15 is 0 Å². The third-order valence-electron chi connectivity index (χ3n) is 2.98. The number of aryl methyl sites for hydroxylation is 1. The topological polar surface area (TPSA) is 35.2 Å². The van der Waals surface area contributed by atoms with Crippen LogP contribution in [-0.4, -0.2) is 13.2 Å². The van der Waals surface area contributed by atoms with Crippen LogP contribution in [0.3, 0.4) is 0 Å². The van der Waals surface area contributed by atoms with Gasteiger partial charge in [0, 0.05) is 18.8 Å². The average Bonchev–Trinajstić information content (AvgIpc) is 2.19. The van der Waals surface area contributed by atoms with Crippen LogP contribution < -0.4 is 5.73 Å². The Labute approximate surface area is 85.1 Å². The number of ether oxygens (including phenoxy) is 1. The molecule has 1 aliphatic heterocycles. The molecule has 14 heavy (non-hydrogen) atoms. The van der Waals surface area contributed by atoms with Gasteiger partial charge in [-0.15, -0.1) is 0 Å². The lowest BCUT2D eigenvalue weighted by atomic mass is 9.83. The summed E-state index contributed by atoms with van der Waals surface area (Å²) in [4.78, 5) is 0. The maximum absolute atomic E-state index is 6.37. The van der Waals surface area contributed by atoms with Crippen molar-refractivity contribution >= 4 is 0 Å². The van der Waals surface area contributed by atoms with E-state index < -0.39 is 0 Å². The average molecular weight is 191 g/mol. The maximum Gasteiger partial charge on any atom is 0.0486 e. The molecule has 0 atom stereocenters. The van der Waals surface area contributed by atoms with Gasteiger partial charge in [0.15, 0.2) is 0 Å². The van der Waals surface area contributed by atoms with E-state index in [1.54, 1.807) is 0 Å². The van der Waals surface area contributed by atoms with Crippen LogP contribution >= 0.6 is 0 Å². The first-order valence-corrected chi connectivity index (χ1v) is 5.14. The number of hydrogen-bond donors (Lipinski definition) is 1. The Balaban J connectivity index is 2.28. The molecule has 0 amide bonds. The molecule has 1 aromatic rings. The highest BCUT2D eigenvalue weighted by Crippen LogP contribution is 2.29. The van der Waals surface area contributed by atoms with Crippen molar-refractivity contribution in [3.8, 4) is 0 Å². The first-order valence-electron chi connectivity index (χ1n) is 5.14. The number of rotatable bonds is 1. The summed E-state index contributed by atoms with van der Waals surface area (Å²) in [5, 5.41) is 0. The van der Waals surface area contributed by atoms with Gasteiger partial charge in [0.2, 0.25) is 0 Å². The highest BCUT2D eigenvalue weighted by atomic mass is 16.5. The minimum atomic E-state index is -0.162. The molecule has 2 N–H and O–H groups in total. The van der Waals surface area contributed by atoms with Crippen LogP contribution in [0.1, 0.15) is 24.0 Å². The Morgan fingerprint density at radius 1 is 1.29 bits per heavy atom. The number of hydrogen-bond acceptors (Lipinski definition) is 2. The third kappa shape index (κ3) is 1.81. The fourth-order valence-corrected chi connectivity index (χ4v) is 1.98. The molecular weight excluding hydrogens is 174 g/mol. The van der Waals surface area contributed by atoms with Crippen molar-refractivity contribution in [2.75, 3.05) is 13.2 Å². The van der Waals surface area contributed by atoms with Crippen LogP contribution in [0.4, 0.5) is 0 Å². The monoisotopic (exact) mass is 191 g/mol. The summed E-state index contributed by atoms with van der Waals surface area (Å²) in [6.07, 6.45) is 1.85. The molecule has 2 rings (SSSR count). The van der Waals surface area contributed by atoms with E-state index in [1.807, 2.05) is 0 Å². The van der Waals surface area contributed by atoms with E-state index in [9.17, 15) is 0 Å². The minimum absolute atomic E-state index is 0.162. The number of benzene rings is 1. The molecule has 0 spiro atoms. The predicted octanol–water partition coefficient (Wildman–Crippen LogP) is 1.96. The van der Waals surface area contributed by atoms with E-state index in [0.717, 1.165) is 26.1 Å². The SMILES string of the molecule is Cc1cccc(C2(N)CCOCC2)c1. The molecule has 0 bridgehead atoms. The quantitative estimate of drug-likeness (QED) is 0.736. The van der Waals surface area contributed by atoms with Crippen molar-refractivity contribution in [2.24, 2.45) is 5.73 Å². The van der Waals surface area contributed by atoms with Gasteiger partial charge in [-0.1, -0.05) is 29.8 Å². The Morgan fingerprint density at radius 3 is 2.64 bits per heavy atom. The summed E-state index contributed by atoms with van der Waals surface area (Å²) in [6.45, 7) is 3.67. The largest absolute Gasteiger partial charge is 0.381 e. The van der Waals surface area contributed by atoms with Crippen molar-refractivity contribution in [3.05, 3.63) is 35.4 Å². The second-order valence-corrected chi connectivity index (χ2v) is 4.14. The molecule has 0 aromatic heterocycles. The minimum Gasteiger partial charge on any atom is -0.381 e. The summed E-state index contributed by atoms with van der Waals surface area (Å²) < 4.78 is 5.34. The normalized spacial score (nSPS) is 20.7. The van der Waals surface area contributed by atoms with Gasteiger partial charge in [0.1, 0.15) is 0 Å². The lowest BCUT2D eigenvalue weighted by molar-refractivity contribution is 0.0522. The van der Waals surface area contributed by atoms with E-state index in [-0.39, 0.29) is 5.54 Å². The van der Waals surface area contributed by atoms with Crippen LogP contribution in [0, 0.1) is 6.92 Å². The molecule has 0 unspecified atom stereocenters. The molecule has 2 nitrogen and oxygen atoms in total. The van der Waals surface area contributed by atoms with Gasteiger partial charge >= 0.3 is 0 Å². The van der Waals surface area contributed by atoms with E-state index in [0.29, 0.717) is 0 Å². The number of nitrogens with two attached hydrogens (primary N) is 1. The zero-order chi connectivity index (χ0) is 10.0. The lowest BCUT2D eigenvalue weighted by Crippen LogP contribution is -2.42. The second-order valence-electron chi connectivity index (χ2n) is 4.14. The molecule has 1 aromatic carbocycles. The molecule has 2 heteroatoms. The molecule has 0 radical (unpaired) electrons. The van der Waals surface area contributed by atoms with Crippen molar-refractivity contribution in [1.82, 2.24) is 0 Å². The Hall–Kier alpha value is -0.860. The zero-order valence-electron chi connectivity index (χ0n) is 8.62. The van der Waals surface area contributed by atoms with E-state index in [1.165, 1.54) is 11.1 Å². The second kappa shape index (κ2) is 3.71. The van der Waals surface area contributed by atoms with Crippen molar-refractivity contribution in [2.45, 2.75) is 25.3 Å². The van der Waals surface area contributed by atoms with Gasteiger partial charge < -0.3 is 10.5 Å². The van der Waals surface area contributed by atoms with Crippen molar-refractivity contribution in [1.29, 1.82) is 0 Å². The van der Waals surface area contributed by atoms with Gasteiger partial charge in [0.25, 0.3) is 0 Å². The van der Waals surface area contributed by atoms with Crippen LogP contribution in [0.25, 0.3) is 0 Å². The fourth-order valence-electron chi connectivity index (χ4n) is 1.98. The Morgan fingerprint density at radius 2 is 2.00 bits per heavy atom. The third-order valence-corrected chi connectivity index (χ3v) is 2.98. The maximum atomic E-state index is 6.37. The smallest absolute Gasteiger partial charge is 0.0486 e. The van der Waals surface area contributed by atoms with Gasteiger partial charge in [-0.3, -0.25) is 0 Å². The lowest BCUT2D eigenvalue weighted by Gasteiger charge is -2.34. The molecule has 76 valence electrons. The van der Waals surface area contributed by atoms with Crippen LogP contribution in [0.2, 0.25) is 0 Å². The molecular formula is C12H17NO. The van der Waals surface area contributed by atoms with Crippen molar-refractivity contribution in [3.63, 3.8) is 0 Å². The summed E-state index contributed by atoms with van der Waals surface area (Å²) in [5.74, 6) is 0. The van der Waals surface area contributed by atoms with E-state index in [4.69, 9.17) is 10.5 Å². The zero-order valence-corrected chi connectivity index (χ0v) is 8.62. The van der Waals surface area contributed by atoms with Crippen molar-refractivity contribution < 1.29 is 4.74 Å². The summed E-state index contributed by atoms with van der Waals surface area (Å²) >= 11 is 0. The van der Waals surface area contributed by atoms with Crippen LogP contribution in [-0.2, 0) is 10.3 Å². The first kappa shape index (κ1) is 9.69. The molecule has 0 aliphatic carbocycles. The highest BCUT2D eigenvalue weighted by molar-refractivity contribution is 5.29. The standard InChI is InChI=1S/C12H17NO/c1-10-3-2-4-11(9-10)12(13)5-7-14-8-6-12/h2-4,9H,5-8,13H2,1H3. The van der Waals surface area contributed by atoms with Gasteiger partial charge in [-0.05, 0) is 25.3 Å². The fraction of sp³-hybridized carbons (Fsp3) is 0.500. The summed E-state index contributed by atoms with van der Waals surface area (Å²) in [7, 11) is 0. The molecule has 0 saturated carbocycles. The molecule has 1 heterocycles. The van der Waals surface area contributed by atoms with Gasteiger partial charge in [-0.2, -0.15) is 0 Å². The van der Waals surface area contributed by atoms with Crippen LogP contribution in [0.5, 0.6) is 0 Å².